The molecule has 0 aromatic heterocycles. The Morgan fingerprint density at radius 3 is 2.29 bits per heavy atom. The maximum absolute atomic E-state index is 12.3. The van der Waals surface area contributed by atoms with E-state index in [-0.39, 0.29) is 22.7 Å². The van der Waals surface area contributed by atoms with E-state index in [2.05, 4.69) is 45.3 Å². The van der Waals surface area contributed by atoms with Crippen LogP contribution in [0.4, 0.5) is 0 Å². The number of amides is 1. The van der Waals surface area contributed by atoms with Crippen molar-refractivity contribution in [3.05, 3.63) is 0 Å². The molecule has 1 aliphatic heterocycles. The van der Waals surface area contributed by atoms with E-state index >= 15 is 0 Å². The SMILES string of the molecule is CC1CNCCC1NC(=O)C1C(C)(C)C1(C)C. The average molecular weight is 238 g/mol. The number of carbonyl (C=O) groups is 1. The normalized spacial score (nSPS) is 35.4. The van der Waals surface area contributed by atoms with E-state index in [4.69, 9.17) is 0 Å². The van der Waals surface area contributed by atoms with Gasteiger partial charge in [0.1, 0.15) is 0 Å². The van der Waals surface area contributed by atoms with E-state index in [1.807, 2.05) is 0 Å². The van der Waals surface area contributed by atoms with Crippen molar-refractivity contribution in [3.63, 3.8) is 0 Å². The van der Waals surface area contributed by atoms with Gasteiger partial charge in [-0.15, -0.1) is 0 Å². The van der Waals surface area contributed by atoms with Gasteiger partial charge >= 0.3 is 0 Å². The van der Waals surface area contributed by atoms with Crippen LogP contribution in [0.25, 0.3) is 0 Å². The molecule has 2 fully saturated rings. The lowest BCUT2D eigenvalue weighted by molar-refractivity contribution is -0.124. The van der Waals surface area contributed by atoms with Gasteiger partial charge in [-0.1, -0.05) is 34.6 Å². The van der Waals surface area contributed by atoms with Crippen molar-refractivity contribution in [2.24, 2.45) is 22.7 Å². The molecule has 0 aromatic rings. The Morgan fingerprint density at radius 2 is 1.82 bits per heavy atom. The third kappa shape index (κ3) is 1.99. The Labute approximate surface area is 105 Å². The number of nitrogens with one attached hydrogen (secondary N) is 2. The molecule has 17 heavy (non-hydrogen) atoms. The van der Waals surface area contributed by atoms with E-state index in [9.17, 15) is 4.79 Å². The minimum Gasteiger partial charge on any atom is -0.353 e. The van der Waals surface area contributed by atoms with Crippen LogP contribution in [-0.4, -0.2) is 25.0 Å². The quantitative estimate of drug-likeness (QED) is 0.770. The highest BCUT2D eigenvalue weighted by molar-refractivity contribution is 5.84. The molecular formula is C14H26N2O. The van der Waals surface area contributed by atoms with Crippen LogP contribution in [0.5, 0.6) is 0 Å². The zero-order valence-corrected chi connectivity index (χ0v) is 11.8. The maximum atomic E-state index is 12.3. The molecule has 2 atom stereocenters. The third-order valence-corrected chi connectivity index (χ3v) is 5.40. The largest absolute Gasteiger partial charge is 0.353 e. The standard InChI is InChI=1S/C14H26N2O/c1-9-8-15-7-6-10(9)16-12(17)11-13(2,3)14(11,4)5/h9-11,15H,6-8H2,1-5H3,(H,16,17). The summed E-state index contributed by atoms with van der Waals surface area (Å²) in [5.41, 5.74) is 0.292. The van der Waals surface area contributed by atoms with Crippen LogP contribution in [0.1, 0.15) is 41.0 Å². The molecule has 0 radical (unpaired) electrons. The molecular weight excluding hydrogens is 212 g/mol. The Balaban J connectivity index is 1.95. The zero-order chi connectivity index (χ0) is 12.8. The molecule has 1 aliphatic carbocycles. The lowest BCUT2D eigenvalue weighted by Gasteiger charge is -2.30. The van der Waals surface area contributed by atoms with Crippen molar-refractivity contribution >= 4 is 5.91 Å². The molecule has 98 valence electrons. The highest BCUT2D eigenvalue weighted by atomic mass is 16.2. The summed E-state index contributed by atoms with van der Waals surface area (Å²) in [6, 6.07) is 0.357. The summed E-state index contributed by atoms with van der Waals surface area (Å²) in [4.78, 5) is 12.3. The fraction of sp³-hybridized carbons (Fsp3) is 0.929. The highest BCUT2D eigenvalue weighted by Gasteiger charge is 2.68. The van der Waals surface area contributed by atoms with Gasteiger partial charge in [-0.25, -0.2) is 0 Å². The van der Waals surface area contributed by atoms with Gasteiger partial charge in [-0.05, 0) is 36.3 Å². The van der Waals surface area contributed by atoms with Crippen molar-refractivity contribution < 1.29 is 4.79 Å². The molecule has 0 aromatic carbocycles. The lowest BCUT2D eigenvalue weighted by atomic mass is 9.95. The minimum absolute atomic E-state index is 0.146. The summed E-state index contributed by atoms with van der Waals surface area (Å²) < 4.78 is 0. The minimum atomic E-state index is 0.146. The van der Waals surface area contributed by atoms with Gasteiger partial charge in [0.05, 0.1) is 0 Å². The molecule has 2 rings (SSSR count). The van der Waals surface area contributed by atoms with Crippen LogP contribution in [0.15, 0.2) is 0 Å². The van der Waals surface area contributed by atoms with E-state index in [0.717, 1.165) is 19.5 Å². The van der Waals surface area contributed by atoms with E-state index in [0.29, 0.717) is 12.0 Å². The van der Waals surface area contributed by atoms with Crippen molar-refractivity contribution in [1.82, 2.24) is 10.6 Å². The summed E-state index contributed by atoms with van der Waals surface area (Å²) in [7, 11) is 0. The van der Waals surface area contributed by atoms with Crippen LogP contribution in [0, 0.1) is 22.7 Å². The number of hydrogen-bond acceptors (Lipinski definition) is 2. The van der Waals surface area contributed by atoms with E-state index in [1.54, 1.807) is 0 Å². The molecule has 3 heteroatoms. The van der Waals surface area contributed by atoms with Crippen LogP contribution in [0.3, 0.4) is 0 Å². The van der Waals surface area contributed by atoms with Crippen molar-refractivity contribution in [1.29, 1.82) is 0 Å². The third-order valence-electron chi connectivity index (χ3n) is 5.40. The molecule has 0 spiro atoms. The summed E-state index contributed by atoms with van der Waals surface area (Å²) in [6.07, 6.45) is 1.06. The van der Waals surface area contributed by atoms with Crippen LogP contribution < -0.4 is 10.6 Å². The molecule has 1 heterocycles. The van der Waals surface area contributed by atoms with Gasteiger partial charge in [-0.3, -0.25) is 4.79 Å². The van der Waals surface area contributed by atoms with Gasteiger partial charge in [-0.2, -0.15) is 0 Å². The van der Waals surface area contributed by atoms with Gasteiger partial charge < -0.3 is 10.6 Å². The van der Waals surface area contributed by atoms with Crippen molar-refractivity contribution in [2.75, 3.05) is 13.1 Å². The molecule has 1 saturated heterocycles. The lowest BCUT2D eigenvalue weighted by Crippen LogP contribution is -2.49. The fourth-order valence-electron chi connectivity index (χ4n) is 3.35. The summed E-state index contributed by atoms with van der Waals surface area (Å²) in [5, 5.41) is 6.63. The number of piperidine rings is 1. The monoisotopic (exact) mass is 238 g/mol. The molecule has 2 N–H and O–H groups in total. The first kappa shape index (κ1) is 12.9. The predicted octanol–water partition coefficient (Wildman–Crippen LogP) is 1.78. The first-order chi connectivity index (χ1) is 7.78. The molecule has 1 saturated carbocycles. The topological polar surface area (TPSA) is 41.1 Å². The van der Waals surface area contributed by atoms with Crippen LogP contribution in [-0.2, 0) is 4.79 Å². The number of rotatable bonds is 2. The highest BCUT2D eigenvalue weighted by Crippen LogP contribution is 2.68. The fourth-order valence-corrected chi connectivity index (χ4v) is 3.35. The van der Waals surface area contributed by atoms with Crippen LogP contribution in [0.2, 0.25) is 0 Å². The van der Waals surface area contributed by atoms with Gasteiger partial charge in [0, 0.05) is 12.0 Å². The maximum Gasteiger partial charge on any atom is 0.224 e. The average Bonchev–Trinajstić information content (AvgIpc) is 2.61. The Bertz CT molecular complexity index is 308. The zero-order valence-electron chi connectivity index (χ0n) is 11.8. The molecule has 3 nitrogen and oxygen atoms in total. The van der Waals surface area contributed by atoms with E-state index < -0.39 is 0 Å². The van der Waals surface area contributed by atoms with Crippen molar-refractivity contribution in [3.8, 4) is 0 Å². The van der Waals surface area contributed by atoms with Crippen LogP contribution >= 0.6 is 0 Å². The van der Waals surface area contributed by atoms with Gasteiger partial charge in [0.2, 0.25) is 5.91 Å². The van der Waals surface area contributed by atoms with Crippen molar-refractivity contribution in [2.45, 2.75) is 47.1 Å². The second-order valence-electron chi connectivity index (χ2n) is 6.96. The number of carbonyl (C=O) groups excluding carboxylic acids is 1. The summed E-state index contributed by atoms with van der Waals surface area (Å²) in [6.45, 7) is 13.0. The number of hydrogen-bond donors (Lipinski definition) is 2. The smallest absolute Gasteiger partial charge is 0.224 e. The molecule has 2 unspecified atom stereocenters. The second-order valence-corrected chi connectivity index (χ2v) is 6.96. The summed E-state index contributed by atoms with van der Waals surface area (Å²) >= 11 is 0. The molecule has 0 bridgehead atoms. The second kappa shape index (κ2) is 3.98. The Kier molecular flexibility index (Phi) is 3.01. The molecule has 1 amide bonds. The summed E-state index contributed by atoms with van der Waals surface area (Å²) in [5.74, 6) is 0.980. The van der Waals surface area contributed by atoms with Gasteiger partial charge in [0.15, 0.2) is 0 Å². The Hall–Kier alpha value is -0.570. The van der Waals surface area contributed by atoms with E-state index in [1.165, 1.54) is 0 Å². The first-order valence-corrected chi connectivity index (χ1v) is 6.79. The Morgan fingerprint density at radius 1 is 1.24 bits per heavy atom. The predicted molar refractivity (Wildman–Crippen MR) is 69.6 cm³/mol. The first-order valence-electron chi connectivity index (χ1n) is 6.79. The molecule has 2 aliphatic rings. The van der Waals surface area contributed by atoms with Gasteiger partial charge in [0.25, 0.3) is 0 Å².